The average molecular weight is 325 g/mol. The van der Waals surface area contributed by atoms with Crippen molar-refractivity contribution in [2.75, 3.05) is 13.6 Å². The Kier molecular flexibility index (Phi) is 5.74. The molecule has 2 rings (SSSR count). The van der Waals surface area contributed by atoms with E-state index in [-0.39, 0.29) is 18.4 Å². The van der Waals surface area contributed by atoms with E-state index in [2.05, 4.69) is 0 Å². The Hall–Kier alpha value is -2.62. The van der Waals surface area contributed by atoms with Crippen LogP contribution in [0.3, 0.4) is 0 Å². The summed E-state index contributed by atoms with van der Waals surface area (Å²) in [4.78, 5) is 25.9. The molecule has 0 unspecified atom stereocenters. The third kappa shape index (κ3) is 4.44. The summed E-state index contributed by atoms with van der Waals surface area (Å²) in [5.74, 6) is 0.155. The molecule has 0 radical (unpaired) electrons. The van der Waals surface area contributed by atoms with Gasteiger partial charge >= 0.3 is 5.97 Å². The minimum absolute atomic E-state index is 0.0980. The van der Waals surface area contributed by atoms with Crippen LogP contribution in [0.25, 0.3) is 0 Å². The first kappa shape index (κ1) is 17.7. The Morgan fingerprint density at radius 2 is 1.75 bits per heavy atom. The molecule has 24 heavy (non-hydrogen) atoms. The summed E-state index contributed by atoms with van der Waals surface area (Å²) in [5, 5.41) is 0. The van der Waals surface area contributed by atoms with Gasteiger partial charge in [-0.25, -0.2) is 4.79 Å². The second kappa shape index (κ2) is 7.77. The van der Waals surface area contributed by atoms with E-state index in [1.54, 1.807) is 31.3 Å². The molecular formula is C20H23NO3. The Morgan fingerprint density at radius 3 is 2.38 bits per heavy atom. The second-order valence-electron chi connectivity index (χ2n) is 6.20. The molecule has 0 aliphatic heterocycles. The van der Waals surface area contributed by atoms with E-state index in [0.717, 1.165) is 11.1 Å². The van der Waals surface area contributed by atoms with Gasteiger partial charge in [0.15, 0.2) is 0 Å². The van der Waals surface area contributed by atoms with Gasteiger partial charge in [0.2, 0.25) is 0 Å². The van der Waals surface area contributed by atoms with Crippen LogP contribution in [0, 0.1) is 6.92 Å². The molecule has 0 aromatic heterocycles. The highest BCUT2D eigenvalue weighted by atomic mass is 16.5. The molecule has 126 valence electrons. The molecule has 0 heterocycles. The number of esters is 1. The average Bonchev–Trinajstić information content (AvgIpc) is 2.54. The number of ether oxygens (including phenoxy) is 1. The number of amides is 1. The van der Waals surface area contributed by atoms with Crippen LogP contribution in [0.1, 0.15) is 41.3 Å². The fourth-order valence-corrected chi connectivity index (χ4v) is 2.43. The summed E-state index contributed by atoms with van der Waals surface area (Å²) in [7, 11) is 1.59. The maximum atomic E-state index is 12.3. The summed E-state index contributed by atoms with van der Waals surface area (Å²) >= 11 is 0. The molecule has 4 heteroatoms. The van der Waals surface area contributed by atoms with Crippen LogP contribution in [0.2, 0.25) is 0 Å². The molecule has 2 aromatic rings. The van der Waals surface area contributed by atoms with Crippen molar-refractivity contribution in [1.29, 1.82) is 0 Å². The number of hydrogen-bond donors (Lipinski definition) is 0. The van der Waals surface area contributed by atoms with Crippen molar-refractivity contribution in [3.05, 3.63) is 65.2 Å². The molecule has 0 fully saturated rings. The predicted octanol–water partition coefficient (Wildman–Crippen LogP) is 3.80. The van der Waals surface area contributed by atoms with Crippen molar-refractivity contribution >= 4 is 11.9 Å². The molecule has 1 amide bonds. The molecule has 0 aliphatic carbocycles. The van der Waals surface area contributed by atoms with E-state index in [1.807, 2.05) is 45.0 Å². The number of benzene rings is 2. The highest BCUT2D eigenvalue weighted by Gasteiger charge is 2.17. The number of hydrogen-bond acceptors (Lipinski definition) is 3. The van der Waals surface area contributed by atoms with Gasteiger partial charge in [0.05, 0.1) is 0 Å². The lowest BCUT2D eigenvalue weighted by atomic mass is 10.0. The van der Waals surface area contributed by atoms with Crippen LogP contribution in [-0.2, 0) is 4.79 Å². The van der Waals surface area contributed by atoms with Crippen LogP contribution < -0.4 is 4.74 Å². The zero-order valence-corrected chi connectivity index (χ0v) is 14.6. The van der Waals surface area contributed by atoms with Gasteiger partial charge in [-0.15, -0.1) is 0 Å². The van der Waals surface area contributed by atoms with Gasteiger partial charge in [0.1, 0.15) is 12.3 Å². The highest BCUT2D eigenvalue weighted by Crippen LogP contribution is 2.27. The Morgan fingerprint density at radius 1 is 1.08 bits per heavy atom. The van der Waals surface area contributed by atoms with E-state index in [1.165, 1.54) is 4.90 Å². The predicted molar refractivity (Wildman–Crippen MR) is 94.3 cm³/mol. The highest BCUT2D eigenvalue weighted by molar-refractivity contribution is 5.95. The topological polar surface area (TPSA) is 46.6 Å². The van der Waals surface area contributed by atoms with Gasteiger partial charge in [0.25, 0.3) is 5.91 Å². The molecular weight excluding hydrogens is 302 g/mol. The van der Waals surface area contributed by atoms with Crippen LogP contribution >= 0.6 is 0 Å². The summed E-state index contributed by atoms with van der Waals surface area (Å²) in [6.45, 7) is 5.95. The lowest BCUT2D eigenvalue weighted by molar-refractivity contribution is -0.134. The van der Waals surface area contributed by atoms with Gasteiger partial charge < -0.3 is 9.64 Å². The summed E-state index contributed by atoms with van der Waals surface area (Å²) in [6, 6.07) is 14.7. The first-order chi connectivity index (χ1) is 11.4. The Labute approximate surface area is 143 Å². The molecule has 0 saturated heterocycles. The number of nitrogens with zero attached hydrogens (tertiary/aromatic N) is 1. The van der Waals surface area contributed by atoms with E-state index < -0.39 is 5.97 Å². The fraction of sp³-hybridized carbons (Fsp3) is 0.300. The summed E-state index contributed by atoms with van der Waals surface area (Å²) in [5.41, 5.74) is 2.55. The fourth-order valence-electron chi connectivity index (χ4n) is 2.43. The largest absolute Gasteiger partial charge is 0.425 e. The minimum atomic E-state index is -0.450. The number of rotatable bonds is 5. The van der Waals surface area contributed by atoms with Crippen molar-refractivity contribution in [2.45, 2.75) is 26.7 Å². The first-order valence-corrected chi connectivity index (χ1v) is 8.00. The van der Waals surface area contributed by atoms with Gasteiger partial charge in [-0.1, -0.05) is 44.2 Å². The Bertz CT molecular complexity index is 723. The van der Waals surface area contributed by atoms with Crippen LogP contribution in [0.5, 0.6) is 5.75 Å². The maximum Gasteiger partial charge on any atom is 0.331 e. The monoisotopic (exact) mass is 325 g/mol. The summed E-state index contributed by atoms with van der Waals surface area (Å²) < 4.78 is 5.51. The SMILES string of the molecule is Cc1ccc(C(C)C)c(OC(=O)CN(C)C(=O)c2ccccc2)c1. The molecule has 2 aromatic carbocycles. The van der Waals surface area contributed by atoms with Gasteiger partial charge in [0, 0.05) is 12.6 Å². The molecule has 0 spiro atoms. The van der Waals surface area contributed by atoms with E-state index in [4.69, 9.17) is 4.74 Å². The molecule has 0 atom stereocenters. The van der Waals surface area contributed by atoms with Crippen LogP contribution in [-0.4, -0.2) is 30.4 Å². The van der Waals surface area contributed by atoms with Crippen molar-refractivity contribution in [3.8, 4) is 5.75 Å². The first-order valence-electron chi connectivity index (χ1n) is 8.00. The quantitative estimate of drug-likeness (QED) is 0.620. The standard InChI is InChI=1S/C20H23NO3/c1-14(2)17-11-10-15(3)12-18(17)24-19(22)13-21(4)20(23)16-8-6-5-7-9-16/h5-12,14H,13H2,1-4H3. The van der Waals surface area contributed by atoms with E-state index in [9.17, 15) is 9.59 Å². The third-order valence-corrected chi connectivity index (χ3v) is 3.75. The number of aryl methyl sites for hydroxylation is 1. The van der Waals surface area contributed by atoms with Crippen molar-refractivity contribution < 1.29 is 14.3 Å². The van der Waals surface area contributed by atoms with E-state index in [0.29, 0.717) is 11.3 Å². The molecule has 0 bridgehead atoms. The lowest BCUT2D eigenvalue weighted by Crippen LogP contribution is -2.34. The van der Waals surface area contributed by atoms with Gasteiger partial charge in [-0.2, -0.15) is 0 Å². The van der Waals surface area contributed by atoms with Crippen molar-refractivity contribution in [1.82, 2.24) is 4.90 Å². The van der Waals surface area contributed by atoms with Crippen molar-refractivity contribution in [3.63, 3.8) is 0 Å². The maximum absolute atomic E-state index is 12.3. The molecule has 0 N–H and O–H groups in total. The second-order valence-corrected chi connectivity index (χ2v) is 6.20. The Balaban J connectivity index is 2.06. The third-order valence-electron chi connectivity index (χ3n) is 3.75. The molecule has 0 saturated carbocycles. The molecule has 0 aliphatic rings. The number of carbonyl (C=O) groups excluding carboxylic acids is 2. The molecule has 4 nitrogen and oxygen atoms in total. The zero-order valence-electron chi connectivity index (χ0n) is 14.6. The van der Waals surface area contributed by atoms with E-state index >= 15 is 0 Å². The summed E-state index contributed by atoms with van der Waals surface area (Å²) in [6.07, 6.45) is 0. The minimum Gasteiger partial charge on any atom is -0.425 e. The zero-order chi connectivity index (χ0) is 17.7. The lowest BCUT2D eigenvalue weighted by Gasteiger charge is -2.18. The van der Waals surface area contributed by atoms with Crippen molar-refractivity contribution in [2.24, 2.45) is 0 Å². The smallest absolute Gasteiger partial charge is 0.331 e. The van der Waals surface area contributed by atoms with Gasteiger partial charge in [-0.3, -0.25) is 4.79 Å². The number of likely N-dealkylation sites (N-methyl/N-ethyl adjacent to an activating group) is 1. The van der Waals surface area contributed by atoms with Crippen LogP contribution in [0.4, 0.5) is 0 Å². The normalized spacial score (nSPS) is 10.5. The van der Waals surface area contributed by atoms with Crippen LogP contribution in [0.15, 0.2) is 48.5 Å². The van der Waals surface area contributed by atoms with Gasteiger partial charge in [-0.05, 0) is 42.2 Å². The number of carbonyl (C=O) groups is 2.